The van der Waals surface area contributed by atoms with Gasteiger partial charge in [-0.1, -0.05) is 39.8 Å². The van der Waals surface area contributed by atoms with Gasteiger partial charge < -0.3 is 10.4 Å². The van der Waals surface area contributed by atoms with Crippen LogP contribution in [0.5, 0.6) is 0 Å². The lowest BCUT2D eigenvalue weighted by atomic mass is 9.81. The van der Waals surface area contributed by atoms with Gasteiger partial charge in [0.2, 0.25) is 0 Å². The van der Waals surface area contributed by atoms with Gasteiger partial charge in [-0.25, -0.2) is 0 Å². The molecule has 19 heavy (non-hydrogen) atoms. The lowest BCUT2D eigenvalue weighted by Gasteiger charge is -2.36. The van der Waals surface area contributed by atoms with Gasteiger partial charge in [0.25, 0.3) is 0 Å². The van der Waals surface area contributed by atoms with Crippen molar-refractivity contribution in [2.45, 2.75) is 39.8 Å². The summed E-state index contributed by atoms with van der Waals surface area (Å²) in [7, 11) is 0. The third-order valence-corrected chi connectivity index (χ3v) is 3.64. The number of aliphatic hydroxyl groups excluding tert-OH is 1. The molecule has 106 valence electrons. The highest BCUT2D eigenvalue weighted by Crippen LogP contribution is 2.34. The number of aliphatic hydroxyl groups is 1. The van der Waals surface area contributed by atoms with E-state index in [9.17, 15) is 5.11 Å². The quantitative estimate of drug-likeness (QED) is 0.743. The van der Waals surface area contributed by atoms with Crippen molar-refractivity contribution in [1.82, 2.24) is 10.3 Å². The van der Waals surface area contributed by atoms with E-state index in [0.717, 1.165) is 5.69 Å². The molecular formula is C16H26N2O. The monoisotopic (exact) mass is 262 g/mol. The van der Waals surface area contributed by atoms with E-state index in [1.54, 1.807) is 6.20 Å². The van der Waals surface area contributed by atoms with Crippen LogP contribution in [0.15, 0.2) is 37.1 Å². The molecule has 3 nitrogen and oxygen atoms in total. The Balaban J connectivity index is 3.04. The summed E-state index contributed by atoms with van der Waals surface area (Å²) in [6.07, 6.45) is 3.74. The number of nitrogens with one attached hydrogen (secondary N) is 1. The second kappa shape index (κ2) is 6.83. The molecule has 0 aliphatic heterocycles. The number of nitrogens with zero attached hydrogens (tertiary/aromatic N) is 1. The van der Waals surface area contributed by atoms with E-state index in [1.807, 2.05) is 24.3 Å². The molecule has 1 aromatic rings. The number of rotatable bonds is 7. The maximum atomic E-state index is 9.52. The summed E-state index contributed by atoms with van der Waals surface area (Å²) < 4.78 is 0. The summed E-state index contributed by atoms with van der Waals surface area (Å²) in [5.74, 6) is 0.358. The molecule has 0 aliphatic rings. The van der Waals surface area contributed by atoms with Gasteiger partial charge in [-0.05, 0) is 18.1 Å². The smallest absolute Gasteiger partial charge is 0.0587 e. The Labute approximate surface area is 116 Å². The van der Waals surface area contributed by atoms with Crippen molar-refractivity contribution in [3.05, 3.63) is 42.7 Å². The largest absolute Gasteiger partial charge is 0.395 e. The molecule has 0 saturated carbocycles. The zero-order chi connectivity index (χ0) is 14.5. The highest BCUT2D eigenvalue weighted by atomic mass is 16.3. The van der Waals surface area contributed by atoms with Crippen molar-refractivity contribution in [2.24, 2.45) is 11.3 Å². The van der Waals surface area contributed by atoms with Gasteiger partial charge in [0.1, 0.15) is 0 Å². The Hall–Kier alpha value is -1.19. The zero-order valence-electron chi connectivity index (χ0n) is 12.4. The Morgan fingerprint density at radius 1 is 1.42 bits per heavy atom. The fraction of sp³-hybridized carbons (Fsp3) is 0.562. The summed E-state index contributed by atoms with van der Waals surface area (Å²) in [5, 5.41) is 13.0. The zero-order valence-corrected chi connectivity index (χ0v) is 12.4. The van der Waals surface area contributed by atoms with E-state index in [4.69, 9.17) is 0 Å². The van der Waals surface area contributed by atoms with Crippen LogP contribution in [-0.2, 0) is 0 Å². The van der Waals surface area contributed by atoms with Crippen LogP contribution in [0, 0.1) is 11.3 Å². The standard InChI is InChI=1S/C16H26N2O/c1-6-16(4,5)15(13-9-7-8-10-17-13)18-14(11-19)12(2)3/h6-10,12,14-15,18-19H,1,11H2,2-5H3/t14-,15-/m1/s1. The summed E-state index contributed by atoms with van der Waals surface area (Å²) in [4.78, 5) is 4.45. The molecule has 0 radical (unpaired) electrons. The number of hydrogen-bond acceptors (Lipinski definition) is 3. The van der Waals surface area contributed by atoms with Gasteiger partial charge in [0.15, 0.2) is 0 Å². The predicted octanol–water partition coefficient (Wildman–Crippen LogP) is 2.94. The topological polar surface area (TPSA) is 45.1 Å². The molecule has 0 aromatic carbocycles. The second-order valence-corrected chi connectivity index (χ2v) is 5.91. The fourth-order valence-electron chi connectivity index (χ4n) is 2.02. The normalized spacial score (nSPS) is 15.3. The minimum absolute atomic E-state index is 0.0331. The van der Waals surface area contributed by atoms with Gasteiger partial charge in [-0.15, -0.1) is 6.58 Å². The Bertz CT molecular complexity index is 387. The molecule has 1 aromatic heterocycles. The molecule has 2 N–H and O–H groups in total. The molecule has 0 fully saturated rings. The van der Waals surface area contributed by atoms with Crippen molar-refractivity contribution >= 4 is 0 Å². The first kappa shape index (κ1) is 15.9. The highest BCUT2D eigenvalue weighted by molar-refractivity contribution is 5.15. The summed E-state index contributed by atoms with van der Waals surface area (Å²) >= 11 is 0. The van der Waals surface area contributed by atoms with Crippen LogP contribution in [0.2, 0.25) is 0 Å². The lowest BCUT2D eigenvalue weighted by molar-refractivity contribution is 0.172. The van der Waals surface area contributed by atoms with E-state index in [1.165, 1.54) is 0 Å². The molecule has 2 atom stereocenters. The SMILES string of the molecule is C=CC(C)(C)[C@H](N[C@H](CO)C(C)C)c1ccccn1. The van der Waals surface area contributed by atoms with Crippen LogP contribution in [0.4, 0.5) is 0 Å². The third kappa shape index (κ3) is 4.15. The molecular weight excluding hydrogens is 236 g/mol. The molecule has 3 heteroatoms. The molecule has 0 aliphatic carbocycles. The van der Waals surface area contributed by atoms with Crippen molar-refractivity contribution < 1.29 is 5.11 Å². The van der Waals surface area contributed by atoms with Gasteiger partial charge in [-0.2, -0.15) is 0 Å². The van der Waals surface area contributed by atoms with Crippen LogP contribution in [0.3, 0.4) is 0 Å². The van der Waals surface area contributed by atoms with Crippen molar-refractivity contribution in [3.8, 4) is 0 Å². The van der Waals surface area contributed by atoms with Gasteiger partial charge >= 0.3 is 0 Å². The number of aromatic nitrogens is 1. The lowest BCUT2D eigenvalue weighted by Crippen LogP contribution is -2.44. The molecule has 0 unspecified atom stereocenters. The summed E-state index contributed by atoms with van der Waals surface area (Å²) in [6.45, 7) is 12.5. The number of hydrogen-bond donors (Lipinski definition) is 2. The molecule has 0 saturated heterocycles. The minimum atomic E-state index is -0.142. The van der Waals surface area contributed by atoms with Gasteiger partial charge in [-0.3, -0.25) is 4.98 Å². The van der Waals surface area contributed by atoms with Gasteiger partial charge in [0, 0.05) is 17.7 Å². The van der Waals surface area contributed by atoms with E-state index < -0.39 is 0 Å². The first-order valence-corrected chi connectivity index (χ1v) is 6.83. The molecule has 0 spiro atoms. The van der Waals surface area contributed by atoms with Gasteiger partial charge in [0.05, 0.1) is 18.3 Å². The first-order chi connectivity index (χ1) is 8.92. The van der Waals surface area contributed by atoms with E-state index in [0.29, 0.717) is 5.92 Å². The van der Waals surface area contributed by atoms with E-state index in [-0.39, 0.29) is 24.1 Å². The van der Waals surface area contributed by atoms with Crippen molar-refractivity contribution in [3.63, 3.8) is 0 Å². The third-order valence-electron chi connectivity index (χ3n) is 3.64. The predicted molar refractivity (Wildman–Crippen MR) is 79.8 cm³/mol. The summed E-state index contributed by atoms with van der Waals surface area (Å²) in [6, 6.07) is 5.99. The average molecular weight is 262 g/mol. The molecule has 0 amide bonds. The maximum absolute atomic E-state index is 9.52. The summed E-state index contributed by atoms with van der Waals surface area (Å²) in [5.41, 5.74) is 0.836. The van der Waals surface area contributed by atoms with Crippen LogP contribution in [-0.4, -0.2) is 22.7 Å². The molecule has 0 bridgehead atoms. The molecule has 1 rings (SSSR count). The molecule has 1 heterocycles. The minimum Gasteiger partial charge on any atom is -0.395 e. The highest BCUT2D eigenvalue weighted by Gasteiger charge is 2.31. The second-order valence-electron chi connectivity index (χ2n) is 5.91. The van der Waals surface area contributed by atoms with Crippen LogP contribution in [0.1, 0.15) is 39.4 Å². The van der Waals surface area contributed by atoms with Crippen molar-refractivity contribution in [1.29, 1.82) is 0 Å². The van der Waals surface area contributed by atoms with Crippen LogP contribution >= 0.6 is 0 Å². The van der Waals surface area contributed by atoms with E-state index >= 15 is 0 Å². The van der Waals surface area contributed by atoms with Crippen LogP contribution in [0.25, 0.3) is 0 Å². The average Bonchev–Trinajstić information content (AvgIpc) is 2.40. The van der Waals surface area contributed by atoms with Crippen molar-refractivity contribution in [2.75, 3.05) is 6.61 Å². The Kier molecular flexibility index (Phi) is 5.70. The Morgan fingerprint density at radius 2 is 2.11 bits per heavy atom. The first-order valence-electron chi connectivity index (χ1n) is 6.83. The van der Waals surface area contributed by atoms with Crippen LogP contribution < -0.4 is 5.32 Å². The Morgan fingerprint density at radius 3 is 2.53 bits per heavy atom. The fourth-order valence-corrected chi connectivity index (χ4v) is 2.02. The maximum Gasteiger partial charge on any atom is 0.0587 e. The van der Waals surface area contributed by atoms with E-state index in [2.05, 4.69) is 44.6 Å². The number of pyridine rings is 1.